The minimum Gasteiger partial charge on any atom is -0.393 e. The minimum absolute atomic E-state index is 0.135. The van der Waals surface area contributed by atoms with Crippen molar-refractivity contribution in [1.29, 1.82) is 0 Å². The summed E-state index contributed by atoms with van der Waals surface area (Å²) in [7, 11) is 2.09. The highest BCUT2D eigenvalue weighted by atomic mass is 16.3. The molecule has 1 N–H and O–H groups in total. The van der Waals surface area contributed by atoms with Crippen molar-refractivity contribution in [2.45, 2.75) is 38.0 Å². The molecule has 0 amide bonds. The number of aliphatic hydroxyl groups excluding tert-OH is 1. The van der Waals surface area contributed by atoms with E-state index in [0.717, 1.165) is 12.8 Å². The van der Waals surface area contributed by atoms with Crippen LogP contribution in [-0.4, -0.2) is 35.2 Å². The van der Waals surface area contributed by atoms with E-state index in [1.54, 1.807) is 0 Å². The van der Waals surface area contributed by atoms with Crippen molar-refractivity contribution in [2.75, 3.05) is 7.05 Å². The topological polar surface area (TPSA) is 23.5 Å². The molecule has 0 aliphatic carbocycles. The van der Waals surface area contributed by atoms with Crippen LogP contribution in [0.25, 0.3) is 0 Å². The van der Waals surface area contributed by atoms with Crippen molar-refractivity contribution in [1.82, 2.24) is 4.90 Å². The molecule has 1 heterocycles. The van der Waals surface area contributed by atoms with Crippen LogP contribution < -0.4 is 0 Å². The Morgan fingerprint density at radius 3 is 2.73 bits per heavy atom. The van der Waals surface area contributed by atoms with Crippen LogP contribution in [0.4, 0.5) is 0 Å². The number of rotatable bonds is 1. The molecule has 1 fully saturated rings. The number of likely N-dealkylation sites (tertiary alicyclic amines) is 1. The predicted molar refractivity (Wildman–Crippen MR) is 46.5 cm³/mol. The van der Waals surface area contributed by atoms with Gasteiger partial charge in [-0.05, 0) is 26.8 Å². The average molecular weight is 155 g/mol. The van der Waals surface area contributed by atoms with Gasteiger partial charge in [0.15, 0.2) is 0 Å². The maximum Gasteiger partial charge on any atom is 0.0573 e. The first kappa shape index (κ1) is 8.75. The van der Waals surface area contributed by atoms with Gasteiger partial charge < -0.3 is 5.11 Å². The van der Waals surface area contributed by atoms with Crippen LogP contribution in [0, 0.1) is 0 Å². The van der Waals surface area contributed by atoms with Gasteiger partial charge >= 0.3 is 0 Å². The van der Waals surface area contributed by atoms with Gasteiger partial charge in [0.25, 0.3) is 0 Å². The molecule has 2 unspecified atom stereocenters. The number of hydrogen-bond donors (Lipinski definition) is 1. The molecule has 0 radical (unpaired) electrons. The molecule has 11 heavy (non-hydrogen) atoms. The van der Waals surface area contributed by atoms with E-state index in [0.29, 0.717) is 12.1 Å². The molecule has 2 heteroatoms. The Kier molecular flexibility index (Phi) is 2.68. The molecule has 1 rings (SSSR count). The van der Waals surface area contributed by atoms with Crippen molar-refractivity contribution in [3.8, 4) is 0 Å². The lowest BCUT2D eigenvalue weighted by Gasteiger charge is -2.38. The normalized spacial score (nSPS) is 40.5. The standard InChI is InChI=1S/C9H17NO/c1-4-8-6-9(11)5-7(2)10(8)3/h4,7-9,11H,1,5-6H2,2-3H3/t7?,8?,9-/m0/s1. The second-order valence-electron chi connectivity index (χ2n) is 3.44. The molecule has 2 nitrogen and oxygen atoms in total. The summed E-state index contributed by atoms with van der Waals surface area (Å²) >= 11 is 0. The quantitative estimate of drug-likeness (QED) is 0.571. The fourth-order valence-corrected chi connectivity index (χ4v) is 1.69. The van der Waals surface area contributed by atoms with Crippen LogP contribution >= 0.6 is 0 Å². The summed E-state index contributed by atoms with van der Waals surface area (Å²) in [6, 6.07) is 0.829. The fraction of sp³-hybridized carbons (Fsp3) is 0.778. The second kappa shape index (κ2) is 3.37. The molecule has 0 saturated carbocycles. The SMILES string of the molecule is C=CC1C[C@@H](O)CC(C)N1C. The monoisotopic (exact) mass is 155 g/mol. The third kappa shape index (κ3) is 1.82. The van der Waals surface area contributed by atoms with Crippen molar-refractivity contribution in [2.24, 2.45) is 0 Å². The lowest BCUT2D eigenvalue weighted by atomic mass is 9.95. The number of nitrogens with zero attached hydrogens (tertiary/aromatic N) is 1. The Morgan fingerprint density at radius 2 is 2.18 bits per heavy atom. The Bertz CT molecular complexity index is 146. The summed E-state index contributed by atoms with van der Waals surface area (Å²) in [6.07, 6.45) is 3.51. The molecule has 1 saturated heterocycles. The molecule has 0 bridgehead atoms. The summed E-state index contributed by atoms with van der Waals surface area (Å²) in [6.45, 7) is 5.89. The Hall–Kier alpha value is -0.340. The van der Waals surface area contributed by atoms with Gasteiger partial charge in [0, 0.05) is 12.1 Å². The van der Waals surface area contributed by atoms with Crippen molar-refractivity contribution < 1.29 is 5.11 Å². The third-order valence-electron chi connectivity index (χ3n) is 2.62. The lowest BCUT2D eigenvalue weighted by molar-refractivity contribution is 0.0387. The summed E-state index contributed by atoms with van der Waals surface area (Å²) in [5, 5.41) is 9.42. The van der Waals surface area contributed by atoms with Crippen LogP contribution in [0.5, 0.6) is 0 Å². The van der Waals surface area contributed by atoms with Gasteiger partial charge in [-0.2, -0.15) is 0 Å². The zero-order valence-electron chi connectivity index (χ0n) is 7.33. The van der Waals surface area contributed by atoms with E-state index in [1.807, 2.05) is 6.08 Å². The van der Waals surface area contributed by atoms with Gasteiger partial charge in [-0.25, -0.2) is 0 Å². The molecule has 1 aliphatic heterocycles. The molecule has 0 aromatic rings. The van der Waals surface area contributed by atoms with Gasteiger partial charge in [0.2, 0.25) is 0 Å². The van der Waals surface area contributed by atoms with Crippen molar-refractivity contribution in [3.05, 3.63) is 12.7 Å². The predicted octanol–water partition coefficient (Wildman–Crippen LogP) is 1.02. The van der Waals surface area contributed by atoms with E-state index in [4.69, 9.17) is 0 Å². The van der Waals surface area contributed by atoms with Gasteiger partial charge in [-0.3, -0.25) is 4.90 Å². The zero-order chi connectivity index (χ0) is 8.43. The van der Waals surface area contributed by atoms with Crippen LogP contribution in [-0.2, 0) is 0 Å². The first-order valence-electron chi connectivity index (χ1n) is 4.17. The van der Waals surface area contributed by atoms with E-state index in [-0.39, 0.29) is 6.10 Å². The Morgan fingerprint density at radius 1 is 1.55 bits per heavy atom. The van der Waals surface area contributed by atoms with Crippen LogP contribution in [0.3, 0.4) is 0 Å². The van der Waals surface area contributed by atoms with Gasteiger partial charge in [-0.1, -0.05) is 6.08 Å². The molecule has 0 spiro atoms. The van der Waals surface area contributed by atoms with Gasteiger partial charge in [0.1, 0.15) is 0 Å². The maximum atomic E-state index is 9.42. The molecular formula is C9H17NO. The zero-order valence-corrected chi connectivity index (χ0v) is 7.33. The molecular weight excluding hydrogens is 138 g/mol. The highest BCUT2D eigenvalue weighted by Gasteiger charge is 2.27. The summed E-state index contributed by atoms with van der Waals surface area (Å²) < 4.78 is 0. The van der Waals surface area contributed by atoms with E-state index in [1.165, 1.54) is 0 Å². The Balaban J connectivity index is 2.58. The highest BCUT2D eigenvalue weighted by Crippen LogP contribution is 2.21. The first-order chi connectivity index (χ1) is 5.15. The van der Waals surface area contributed by atoms with Crippen molar-refractivity contribution >= 4 is 0 Å². The second-order valence-corrected chi connectivity index (χ2v) is 3.44. The lowest BCUT2D eigenvalue weighted by Crippen LogP contribution is -2.46. The molecule has 0 aromatic carbocycles. The van der Waals surface area contributed by atoms with E-state index in [9.17, 15) is 5.11 Å². The van der Waals surface area contributed by atoms with Crippen LogP contribution in [0.1, 0.15) is 19.8 Å². The highest BCUT2D eigenvalue weighted by molar-refractivity contribution is 4.94. The largest absolute Gasteiger partial charge is 0.393 e. The van der Waals surface area contributed by atoms with E-state index >= 15 is 0 Å². The summed E-state index contributed by atoms with van der Waals surface area (Å²) in [4.78, 5) is 2.26. The maximum absolute atomic E-state index is 9.42. The Labute approximate surface area is 68.5 Å². The number of hydrogen-bond acceptors (Lipinski definition) is 2. The third-order valence-corrected chi connectivity index (χ3v) is 2.62. The molecule has 64 valence electrons. The molecule has 0 aromatic heterocycles. The van der Waals surface area contributed by atoms with Crippen LogP contribution in [0.2, 0.25) is 0 Å². The van der Waals surface area contributed by atoms with Gasteiger partial charge in [0.05, 0.1) is 6.10 Å². The summed E-state index contributed by atoms with van der Waals surface area (Å²) in [5.74, 6) is 0. The fourth-order valence-electron chi connectivity index (χ4n) is 1.69. The molecule has 3 atom stereocenters. The van der Waals surface area contributed by atoms with E-state index in [2.05, 4.69) is 25.5 Å². The van der Waals surface area contributed by atoms with E-state index < -0.39 is 0 Å². The van der Waals surface area contributed by atoms with Crippen molar-refractivity contribution in [3.63, 3.8) is 0 Å². The minimum atomic E-state index is -0.135. The number of piperidine rings is 1. The first-order valence-corrected chi connectivity index (χ1v) is 4.17. The van der Waals surface area contributed by atoms with Gasteiger partial charge in [-0.15, -0.1) is 6.58 Å². The molecule has 1 aliphatic rings. The van der Waals surface area contributed by atoms with Crippen LogP contribution in [0.15, 0.2) is 12.7 Å². The average Bonchev–Trinajstić information content (AvgIpc) is 1.96. The number of aliphatic hydroxyl groups is 1. The summed E-state index contributed by atoms with van der Waals surface area (Å²) in [5.41, 5.74) is 0. The number of likely N-dealkylation sites (N-methyl/N-ethyl adjacent to an activating group) is 1. The smallest absolute Gasteiger partial charge is 0.0573 e.